The summed E-state index contributed by atoms with van der Waals surface area (Å²) in [6.07, 6.45) is 3.29. The van der Waals surface area contributed by atoms with Crippen molar-refractivity contribution in [3.05, 3.63) is 70.9 Å². The first-order valence-corrected chi connectivity index (χ1v) is 7.81. The first kappa shape index (κ1) is 17.0. The Labute approximate surface area is 142 Å². The lowest BCUT2D eigenvalue weighted by molar-refractivity contribution is 0.488. The van der Waals surface area contributed by atoms with Crippen LogP contribution < -0.4 is 5.32 Å². The molecule has 0 atom stereocenters. The van der Waals surface area contributed by atoms with Crippen molar-refractivity contribution in [3.63, 3.8) is 0 Å². The van der Waals surface area contributed by atoms with Crippen molar-refractivity contribution in [2.24, 2.45) is 0 Å². The Bertz CT molecular complexity index is 897. The van der Waals surface area contributed by atoms with Gasteiger partial charge >= 0.3 is 0 Å². The van der Waals surface area contributed by atoms with Crippen LogP contribution in [-0.2, 0) is 6.42 Å². The molecule has 1 aromatic heterocycles. The SMILES string of the molecule is CCc1nnc(C2=CCC=C(F)C(F)=C2Nc2ccc(C)cc2F)o1. The third kappa shape index (κ3) is 3.50. The van der Waals surface area contributed by atoms with E-state index in [4.69, 9.17) is 4.42 Å². The van der Waals surface area contributed by atoms with Gasteiger partial charge in [-0.2, -0.15) is 0 Å². The zero-order chi connectivity index (χ0) is 18.0. The molecule has 0 saturated carbocycles. The second kappa shape index (κ2) is 6.96. The second-order valence-electron chi connectivity index (χ2n) is 5.56. The summed E-state index contributed by atoms with van der Waals surface area (Å²) in [5.41, 5.74) is 0.671. The number of anilines is 1. The molecule has 1 heterocycles. The van der Waals surface area contributed by atoms with E-state index in [2.05, 4.69) is 15.5 Å². The van der Waals surface area contributed by atoms with E-state index in [0.717, 1.165) is 6.08 Å². The quantitative estimate of drug-likeness (QED) is 0.844. The van der Waals surface area contributed by atoms with Gasteiger partial charge in [-0.25, -0.2) is 13.2 Å². The Morgan fingerprint density at radius 3 is 2.64 bits per heavy atom. The highest BCUT2D eigenvalue weighted by Gasteiger charge is 2.24. The van der Waals surface area contributed by atoms with E-state index in [-0.39, 0.29) is 29.3 Å². The summed E-state index contributed by atoms with van der Waals surface area (Å²) in [5, 5.41) is 10.3. The van der Waals surface area contributed by atoms with Crippen LogP contribution in [-0.4, -0.2) is 10.2 Å². The Morgan fingerprint density at radius 1 is 1.16 bits per heavy atom. The number of hydrogen-bond donors (Lipinski definition) is 1. The molecule has 1 aliphatic rings. The molecule has 1 N–H and O–H groups in total. The fourth-order valence-electron chi connectivity index (χ4n) is 2.39. The standard InChI is InChI=1S/C18H16F3N3O/c1-3-15-23-24-18(25-15)11-5-4-6-12(19)16(21)17(11)22-14-8-7-10(2)9-13(14)20/h5-9,22H,3-4H2,1-2H3. The zero-order valence-corrected chi connectivity index (χ0v) is 13.7. The maximum Gasteiger partial charge on any atom is 0.249 e. The molecule has 2 aromatic rings. The lowest BCUT2D eigenvalue weighted by Crippen LogP contribution is -2.07. The van der Waals surface area contributed by atoms with Gasteiger partial charge in [0.15, 0.2) is 11.7 Å². The van der Waals surface area contributed by atoms with Crippen LogP contribution in [0.15, 0.2) is 52.1 Å². The summed E-state index contributed by atoms with van der Waals surface area (Å²) in [5.74, 6) is -2.33. The molecule has 0 fully saturated rings. The molecule has 4 nitrogen and oxygen atoms in total. The average molecular weight is 347 g/mol. The van der Waals surface area contributed by atoms with Crippen molar-refractivity contribution in [2.45, 2.75) is 26.7 Å². The fraction of sp³-hybridized carbons (Fsp3) is 0.222. The summed E-state index contributed by atoms with van der Waals surface area (Å²) in [6, 6.07) is 4.42. The van der Waals surface area contributed by atoms with Gasteiger partial charge in [-0.15, -0.1) is 10.2 Å². The molecule has 25 heavy (non-hydrogen) atoms. The van der Waals surface area contributed by atoms with Crippen molar-refractivity contribution in [2.75, 3.05) is 5.32 Å². The summed E-state index contributed by atoms with van der Waals surface area (Å²) >= 11 is 0. The van der Waals surface area contributed by atoms with E-state index >= 15 is 0 Å². The highest BCUT2D eigenvalue weighted by Crippen LogP contribution is 2.34. The molecule has 1 aromatic carbocycles. The van der Waals surface area contributed by atoms with Crippen LogP contribution in [0.5, 0.6) is 0 Å². The molecule has 0 spiro atoms. The summed E-state index contributed by atoms with van der Waals surface area (Å²) in [6.45, 7) is 3.56. The van der Waals surface area contributed by atoms with Crippen LogP contribution >= 0.6 is 0 Å². The second-order valence-corrected chi connectivity index (χ2v) is 5.56. The van der Waals surface area contributed by atoms with Crippen molar-refractivity contribution in [1.82, 2.24) is 10.2 Å². The average Bonchev–Trinajstić information content (AvgIpc) is 3.02. The highest BCUT2D eigenvalue weighted by molar-refractivity contribution is 5.81. The maximum atomic E-state index is 14.5. The van der Waals surface area contributed by atoms with E-state index in [9.17, 15) is 13.2 Å². The molecule has 0 aliphatic heterocycles. The Kier molecular flexibility index (Phi) is 4.74. The molecule has 1 aliphatic carbocycles. The van der Waals surface area contributed by atoms with Crippen molar-refractivity contribution < 1.29 is 17.6 Å². The van der Waals surface area contributed by atoms with Crippen LogP contribution in [0.1, 0.15) is 30.7 Å². The van der Waals surface area contributed by atoms with Crippen LogP contribution in [0.3, 0.4) is 0 Å². The van der Waals surface area contributed by atoms with Gasteiger partial charge in [0, 0.05) is 6.42 Å². The number of benzene rings is 1. The van der Waals surface area contributed by atoms with E-state index < -0.39 is 17.5 Å². The molecule has 0 radical (unpaired) electrons. The first-order valence-electron chi connectivity index (χ1n) is 7.81. The van der Waals surface area contributed by atoms with Crippen LogP contribution in [0.2, 0.25) is 0 Å². The number of halogens is 3. The van der Waals surface area contributed by atoms with Crippen LogP contribution in [0.4, 0.5) is 18.9 Å². The summed E-state index contributed by atoms with van der Waals surface area (Å²) < 4.78 is 48.0. The Balaban J connectivity index is 2.06. The Hall–Kier alpha value is -2.83. The lowest BCUT2D eigenvalue weighted by atomic mass is 10.1. The molecule has 0 amide bonds. The maximum absolute atomic E-state index is 14.5. The van der Waals surface area contributed by atoms with E-state index in [1.807, 2.05) is 6.92 Å². The third-order valence-electron chi connectivity index (χ3n) is 3.70. The van der Waals surface area contributed by atoms with Gasteiger partial charge < -0.3 is 9.73 Å². The topological polar surface area (TPSA) is 51.0 Å². The van der Waals surface area contributed by atoms with Gasteiger partial charge in [0.25, 0.3) is 0 Å². The number of nitrogens with one attached hydrogen (secondary N) is 1. The van der Waals surface area contributed by atoms with Crippen molar-refractivity contribution in [3.8, 4) is 0 Å². The van der Waals surface area contributed by atoms with E-state index in [1.54, 1.807) is 19.1 Å². The first-order chi connectivity index (χ1) is 12.0. The van der Waals surface area contributed by atoms with Gasteiger partial charge in [-0.3, -0.25) is 0 Å². The Morgan fingerprint density at radius 2 is 1.96 bits per heavy atom. The van der Waals surface area contributed by atoms with Crippen molar-refractivity contribution in [1.29, 1.82) is 0 Å². The predicted octanol–water partition coefficient (Wildman–Crippen LogP) is 5.01. The van der Waals surface area contributed by atoms with Gasteiger partial charge in [0.05, 0.1) is 17.0 Å². The zero-order valence-electron chi connectivity index (χ0n) is 13.7. The number of hydrogen-bond acceptors (Lipinski definition) is 4. The number of nitrogens with zero attached hydrogens (tertiary/aromatic N) is 2. The lowest BCUT2D eigenvalue weighted by Gasteiger charge is -2.13. The summed E-state index contributed by atoms with van der Waals surface area (Å²) in [7, 11) is 0. The molecule has 7 heteroatoms. The number of allylic oxidation sites excluding steroid dienone is 5. The number of aromatic nitrogens is 2. The van der Waals surface area contributed by atoms with E-state index in [1.165, 1.54) is 12.1 Å². The molecule has 130 valence electrons. The largest absolute Gasteiger partial charge is 0.421 e. The normalized spacial score (nSPS) is 14.9. The predicted molar refractivity (Wildman–Crippen MR) is 88.4 cm³/mol. The number of rotatable bonds is 4. The molecule has 3 rings (SSSR count). The molecular weight excluding hydrogens is 331 g/mol. The van der Waals surface area contributed by atoms with Gasteiger partial charge in [-0.1, -0.05) is 19.1 Å². The minimum absolute atomic E-state index is 0.0200. The smallest absolute Gasteiger partial charge is 0.249 e. The monoisotopic (exact) mass is 347 g/mol. The minimum atomic E-state index is -1.14. The van der Waals surface area contributed by atoms with E-state index in [0.29, 0.717) is 17.9 Å². The van der Waals surface area contributed by atoms with Gasteiger partial charge in [0.2, 0.25) is 11.8 Å². The fourth-order valence-corrected chi connectivity index (χ4v) is 2.39. The van der Waals surface area contributed by atoms with Gasteiger partial charge in [0.1, 0.15) is 5.82 Å². The highest BCUT2D eigenvalue weighted by atomic mass is 19.2. The van der Waals surface area contributed by atoms with Crippen LogP contribution in [0, 0.1) is 12.7 Å². The van der Waals surface area contributed by atoms with Gasteiger partial charge in [-0.05, 0) is 37.1 Å². The minimum Gasteiger partial charge on any atom is -0.421 e. The molecule has 0 bridgehead atoms. The third-order valence-corrected chi connectivity index (χ3v) is 3.70. The number of aryl methyl sites for hydroxylation is 2. The van der Waals surface area contributed by atoms with Crippen molar-refractivity contribution >= 4 is 11.3 Å². The summed E-state index contributed by atoms with van der Waals surface area (Å²) in [4.78, 5) is 0. The molecule has 0 saturated heterocycles. The van der Waals surface area contributed by atoms with Crippen LogP contribution in [0.25, 0.3) is 5.57 Å². The molecule has 0 unspecified atom stereocenters. The molecular formula is C18H16F3N3O.